The molecule has 0 saturated heterocycles. The Balaban J connectivity index is 2.52. The van der Waals surface area contributed by atoms with Crippen LogP contribution in [-0.4, -0.2) is 18.1 Å². The molecule has 0 aromatic heterocycles. The number of hydrogen-bond acceptors (Lipinski definition) is 3. The van der Waals surface area contributed by atoms with Crippen LogP contribution in [0.25, 0.3) is 0 Å². The molecule has 8 heteroatoms. The average Bonchev–Trinajstić information content (AvgIpc) is 2.43. The first-order valence-electron chi connectivity index (χ1n) is 6.96. The lowest BCUT2D eigenvalue weighted by Gasteiger charge is -2.39. The van der Waals surface area contributed by atoms with Gasteiger partial charge in [0.2, 0.25) is 5.60 Å². The van der Waals surface area contributed by atoms with E-state index in [4.69, 9.17) is 11.6 Å². The number of rotatable bonds is 4. The zero-order chi connectivity index (χ0) is 17.4. The molecule has 0 radical (unpaired) electrons. The van der Waals surface area contributed by atoms with E-state index in [9.17, 15) is 22.8 Å². The lowest BCUT2D eigenvalue weighted by Crippen LogP contribution is -2.50. The molecule has 1 aromatic carbocycles. The zero-order valence-electron chi connectivity index (χ0n) is 12.5. The highest BCUT2D eigenvalue weighted by molar-refractivity contribution is 6.30. The molecule has 0 bridgehead atoms. The second-order valence-electron chi connectivity index (χ2n) is 5.65. The van der Waals surface area contributed by atoms with E-state index in [2.05, 4.69) is 10.1 Å². The van der Waals surface area contributed by atoms with Gasteiger partial charge in [-0.15, -0.1) is 0 Å². The predicted octanol–water partition coefficient (Wildman–Crippen LogP) is 4.67. The molecule has 1 aromatic rings. The summed E-state index contributed by atoms with van der Waals surface area (Å²) in [6, 6.07) is 3.75. The van der Waals surface area contributed by atoms with Crippen LogP contribution in [0.3, 0.4) is 0 Å². The predicted molar refractivity (Wildman–Crippen MR) is 78.4 cm³/mol. The van der Waals surface area contributed by atoms with Gasteiger partial charge in [-0.3, -0.25) is 10.1 Å². The Morgan fingerprint density at radius 1 is 1.39 bits per heavy atom. The van der Waals surface area contributed by atoms with E-state index in [-0.39, 0.29) is 28.5 Å². The molecule has 2 rings (SSSR count). The van der Waals surface area contributed by atoms with Gasteiger partial charge in [0.15, 0.2) is 0 Å². The number of carbonyl (C=O) groups excluding carboxylic acids is 2. The Labute approximate surface area is 135 Å². The van der Waals surface area contributed by atoms with Crippen molar-refractivity contribution in [1.29, 1.82) is 0 Å². The number of ether oxygens (including phenoxy) is 1. The lowest BCUT2D eigenvalue weighted by molar-refractivity contribution is -0.267. The highest BCUT2D eigenvalue weighted by Gasteiger charge is 2.61. The summed E-state index contributed by atoms with van der Waals surface area (Å²) >= 11 is 5.80. The topological polar surface area (TPSA) is 55.4 Å². The molecule has 0 fully saturated rings. The van der Waals surface area contributed by atoms with E-state index in [1.165, 1.54) is 12.1 Å². The van der Waals surface area contributed by atoms with Gasteiger partial charge in [-0.1, -0.05) is 25.4 Å². The molecular weight excluding hydrogens is 335 g/mol. The minimum Gasteiger partial charge on any atom is -0.428 e. The number of cyclic esters (lactones) is 1. The van der Waals surface area contributed by atoms with Crippen molar-refractivity contribution >= 4 is 29.2 Å². The van der Waals surface area contributed by atoms with Crippen LogP contribution in [0.15, 0.2) is 18.2 Å². The van der Waals surface area contributed by atoms with E-state index in [0.717, 1.165) is 6.07 Å². The number of carbonyl (C=O) groups is 2. The number of anilines is 1. The SMILES string of the molecule is CC(C)C(=O)CC[C@]1(C(F)(F)F)OC(=O)Nc2ccc(Cl)cc21. The first kappa shape index (κ1) is 17.6. The summed E-state index contributed by atoms with van der Waals surface area (Å²) in [6.45, 7) is 3.20. The van der Waals surface area contributed by atoms with Gasteiger partial charge in [0, 0.05) is 29.3 Å². The molecule has 0 unspecified atom stereocenters. The number of nitrogens with one attached hydrogen (secondary N) is 1. The number of Topliss-reactive ketones (excluding diaryl/α,β-unsaturated/α-hetero) is 1. The zero-order valence-corrected chi connectivity index (χ0v) is 13.2. The quantitative estimate of drug-likeness (QED) is 0.859. The molecule has 1 heterocycles. The smallest absolute Gasteiger partial charge is 0.428 e. The lowest BCUT2D eigenvalue weighted by atomic mass is 9.84. The summed E-state index contributed by atoms with van der Waals surface area (Å²) in [4.78, 5) is 23.4. The van der Waals surface area contributed by atoms with Crippen molar-refractivity contribution in [2.45, 2.75) is 38.5 Å². The largest absolute Gasteiger partial charge is 0.432 e. The highest BCUT2D eigenvalue weighted by atomic mass is 35.5. The van der Waals surface area contributed by atoms with Gasteiger partial charge >= 0.3 is 12.3 Å². The third-order valence-corrected chi connectivity index (χ3v) is 3.98. The van der Waals surface area contributed by atoms with Crippen molar-refractivity contribution < 1.29 is 27.5 Å². The Hall–Kier alpha value is -1.76. The normalized spacial score (nSPS) is 20.7. The molecule has 0 aliphatic carbocycles. The van der Waals surface area contributed by atoms with Crippen LogP contribution in [0.5, 0.6) is 0 Å². The summed E-state index contributed by atoms with van der Waals surface area (Å²) in [5.41, 5.74) is -3.21. The van der Waals surface area contributed by atoms with Gasteiger partial charge < -0.3 is 4.74 Å². The van der Waals surface area contributed by atoms with Crippen molar-refractivity contribution in [2.75, 3.05) is 5.32 Å². The number of hydrogen-bond donors (Lipinski definition) is 1. The number of ketones is 1. The monoisotopic (exact) mass is 349 g/mol. The van der Waals surface area contributed by atoms with E-state index >= 15 is 0 Å². The van der Waals surface area contributed by atoms with Gasteiger partial charge in [-0.25, -0.2) is 4.79 Å². The number of benzene rings is 1. The van der Waals surface area contributed by atoms with E-state index < -0.39 is 30.2 Å². The van der Waals surface area contributed by atoms with Crippen LogP contribution >= 0.6 is 11.6 Å². The fourth-order valence-electron chi connectivity index (χ4n) is 2.43. The minimum absolute atomic E-state index is 0.0278. The summed E-state index contributed by atoms with van der Waals surface area (Å²) in [7, 11) is 0. The summed E-state index contributed by atoms with van der Waals surface area (Å²) in [5, 5.41) is 2.30. The first-order chi connectivity index (χ1) is 10.6. The Bertz CT molecular complexity index is 645. The summed E-state index contributed by atoms with van der Waals surface area (Å²) in [5.74, 6) is -0.747. The molecule has 0 saturated carbocycles. The molecule has 1 amide bonds. The average molecular weight is 350 g/mol. The Morgan fingerprint density at radius 3 is 2.61 bits per heavy atom. The Morgan fingerprint density at radius 2 is 2.04 bits per heavy atom. The maximum Gasteiger partial charge on any atom is 0.432 e. The molecule has 1 aliphatic heterocycles. The maximum atomic E-state index is 13.8. The van der Waals surface area contributed by atoms with Gasteiger partial charge in [0.25, 0.3) is 0 Å². The van der Waals surface area contributed by atoms with E-state index in [1.54, 1.807) is 13.8 Å². The third kappa shape index (κ3) is 3.29. The van der Waals surface area contributed by atoms with Crippen LogP contribution in [0, 0.1) is 5.92 Å². The van der Waals surface area contributed by atoms with E-state index in [1.807, 2.05) is 0 Å². The van der Waals surface area contributed by atoms with Crippen molar-refractivity contribution in [3.63, 3.8) is 0 Å². The minimum atomic E-state index is -4.89. The second-order valence-corrected chi connectivity index (χ2v) is 6.09. The van der Waals surface area contributed by atoms with Crippen LogP contribution in [0.1, 0.15) is 32.3 Å². The van der Waals surface area contributed by atoms with Gasteiger partial charge in [-0.05, 0) is 18.2 Å². The summed E-state index contributed by atoms with van der Waals surface area (Å²) < 4.78 is 46.0. The molecule has 1 aliphatic rings. The second kappa shape index (κ2) is 6.03. The third-order valence-electron chi connectivity index (χ3n) is 3.75. The fourth-order valence-corrected chi connectivity index (χ4v) is 2.61. The number of alkyl halides is 3. The highest BCUT2D eigenvalue weighted by Crippen LogP contribution is 2.50. The molecular formula is C15H15ClF3NO3. The van der Waals surface area contributed by atoms with Gasteiger partial charge in [0.05, 0.1) is 5.69 Å². The van der Waals surface area contributed by atoms with Gasteiger partial charge in [-0.2, -0.15) is 13.2 Å². The number of halogens is 4. The van der Waals surface area contributed by atoms with Crippen LogP contribution in [0.2, 0.25) is 5.02 Å². The fraction of sp³-hybridized carbons (Fsp3) is 0.467. The summed E-state index contributed by atoms with van der Waals surface area (Å²) in [6.07, 6.45) is -7.15. The van der Waals surface area contributed by atoms with E-state index in [0.29, 0.717) is 0 Å². The first-order valence-corrected chi connectivity index (χ1v) is 7.34. The number of fused-ring (bicyclic) bond motifs is 1. The van der Waals surface area contributed by atoms with Crippen molar-refractivity contribution in [1.82, 2.24) is 0 Å². The molecule has 1 atom stereocenters. The van der Waals surface area contributed by atoms with Crippen molar-refractivity contribution in [3.8, 4) is 0 Å². The molecule has 1 N–H and O–H groups in total. The van der Waals surface area contributed by atoms with Crippen molar-refractivity contribution in [3.05, 3.63) is 28.8 Å². The maximum absolute atomic E-state index is 13.8. The Kier molecular flexibility index (Phi) is 4.61. The standard InChI is InChI=1S/C15H15ClF3NO3/c1-8(2)12(21)5-6-14(15(17,18)19)10-7-9(16)3-4-11(10)20-13(22)23-14/h3-4,7-8H,5-6H2,1-2H3,(H,20,22)/t14-/m0/s1. The van der Waals surface area contributed by atoms with Gasteiger partial charge in [0.1, 0.15) is 5.78 Å². The van der Waals surface area contributed by atoms with Crippen molar-refractivity contribution in [2.24, 2.45) is 5.92 Å². The molecule has 0 spiro atoms. The van der Waals surface area contributed by atoms with Crippen LogP contribution in [0.4, 0.5) is 23.7 Å². The van der Waals surface area contributed by atoms with Crippen LogP contribution in [-0.2, 0) is 15.1 Å². The molecule has 23 heavy (non-hydrogen) atoms. The van der Waals surface area contributed by atoms with Crippen LogP contribution < -0.4 is 5.32 Å². The molecule has 4 nitrogen and oxygen atoms in total. The molecule has 126 valence electrons. The number of amides is 1.